The third kappa shape index (κ3) is 2.61. The van der Waals surface area contributed by atoms with Crippen molar-refractivity contribution < 1.29 is 0 Å². The van der Waals surface area contributed by atoms with Crippen LogP contribution in [-0.4, -0.2) is 0 Å². The molecule has 1 aliphatic carbocycles. The van der Waals surface area contributed by atoms with Crippen LogP contribution in [0.25, 0.3) is 0 Å². The van der Waals surface area contributed by atoms with Crippen LogP contribution in [0.4, 0.5) is 0 Å². The predicted octanol–water partition coefficient (Wildman–Crippen LogP) is 5.32. The molecule has 0 radical (unpaired) electrons. The minimum absolute atomic E-state index is 0.0484. The van der Waals surface area contributed by atoms with E-state index in [2.05, 4.69) is 6.92 Å². The molecule has 1 aliphatic rings. The summed E-state index contributed by atoms with van der Waals surface area (Å²) in [6.07, 6.45) is 2.62. The second kappa shape index (κ2) is 4.53. The highest BCUT2D eigenvalue weighted by molar-refractivity contribution is 6.42. The van der Waals surface area contributed by atoms with Crippen LogP contribution in [-0.2, 0) is 0 Å². The second-order valence-corrected chi connectivity index (χ2v) is 5.56. The quantitative estimate of drug-likeness (QED) is 0.648. The lowest BCUT2D eigenvalue weighted by Gasteiger charge is -2.18. The fourth-order valence-corrected chi connectivity index (χ4v) is 2.50. The second-order valence-electron chi connectivity index (χ2n) is 4.27. The van der Waals surface area contributed by atoms with Gasteiger partial charge in [0.1, 0.15) is 0 Å². The number of alkyl halides is 1. The topological polar surface area (TPSA) is 0 Å². The van der Waals surface area contributed by atoms with Crippen molar-refractivity contribution in [3.05, 3.63) is 33.8 Å². The lowest BCUT2D eigenvalue weighted by molar-refractivity contribution is 0.491. The Balaban J connectivity index is 2.17. The van der Waals surface area contributed by atoms with E-state index in [-0.39, 0.29) is 5.38 Å². The number of benzene rings is 1. The van der Waals surface area contributed by atoms with E-state index in [1.54, 1.807) is 0 Å². The molecule has 0 N–H and O–H groups in total. The molecule has 0 saturated heterocycles. The van der Waals surface area contributed by atoms with E-state index in [1.165, 1.54) is 12.8 Å². The molecule has 0 aromatic heterocycles. The van der Waals surface area contributed by atoms with Crippen molar-refractivity contribution in [2.75, 3.05) is 0 Å². The first kappa shape index (κ1) is 11.6. The van der Waals surface area contributed by atoms with E-state index >= 15 is 0 Å². The molecule has 0 aliphatic heterocycles. The van der Waals surface area contributed by atoms with Crippen LogP contribution < -0.4 is 0 Å². The molecule has 1 aromatic carbocycles. The highest BCUT2D eigenvalue weighted by Crippen LogP contribution is 2.45. The van der Waals surface area contributed by atoms with Crippen molar-refractivity contribution in [3.8, 4) is 0 Å². The van der Waals surface area contributed by atoms with Crippen LogP contribution in [0.15, 0.2) is 18.2 Å². The molecule has 15 heavy (non-hydrogen) atoms. The van der Waals surface area contributed by atoms with Crippen LogP contribution in [0.1, 0.15) is 30.7 Å². The normalized spacial score (nSPS) is 20.0. The standard InChI is InChI=1S/C12H13Cl3/c1-7(8-2-3-8)12(15)9-4-5-10(13)11(14)6-9/h4-8,12H,2-3H2,1H3. The van der Waals surface area contributed by atoms with Gasteiger partial charge >= 0.3 is 0 Å². The molecular formula is C12H13Cl3. The van der Waals surface area contributed by atoms with Gasteiger partial charge in [-0.05, 0) is 42.4 Å². The summed E-state index contributed by atoms with van der Waals surface area (Å²) in [6, 6.07) is 5.65. The summed E-state index contributed by atoms with van der Waals surface area (Å²) < 4.78 is 0. The molecule has 82 valence electrons. The Bertz CT molecular complexity index is 358. The summed E-state index contributed by atoms with van der Waals surface area (Å²) in [5, 5.41) is 1.22. The minimum Gasteiger partial charge on any atom is -0.118 e. The van der Waals surface area contributed by atoms with Gasteiger partial charge in [-0.3, -0.25) is 0 Å². The molecule has 2 atom stereocenters. The zero-order valence-electron chi connectivity index (χ0n) is 8.51. The van der Waals surface area contributed by atoms with Crippen LogP contribution >= 0.6 is 34.8 Å². The average Bonchev–Trinajstić information content (AvgIpc) is 3.03. The summed E-state index contributed by atoms with van der Waals surface area (Å²) >= 11 is 18.2. The summed E-state index contributed by atoms with van der Waals surface area (Å²) in [6.45, 7) is 2.21. The Labute approximate surface area is 106 Å². The first-order chi connectivity index (χ1) is 7.09. The van der Waals surface area contributed by atoms with E-state index in [4.69, 9.17) is 34.8 Å². The maximum Gasteiger partial charge on any atom is 0.0613 e. The van der Waals surface area contributed by atoms with Gasteiger partial charge in [0.05, 0.1) is 15.4 Å². The first-order valence-corrected chi connectivity index (χ1v) is 6.38. The average molecular weight is 264 g/mol. The molecule has 1 fully saturated rings. The summed E-state index contributed by atoms with van der Waals surface area (Å²) in [4.78, 5) is 0. The Morgan fingerprint density at radius 3 is 2.40 bits per heavy atom. The SMILES string of the molecule is CC(C1CC1)C(Cl)c1ccc(Cl)c(Cl)c1. The monoisotopic (exact) mass is 262 g/mol. The Kier molecular flexibility index (Phi) is 3.49. The van der Waals surface area contributed by atoms with Gasteiger partial charge in [-0.2, -0.15) is 0 Å². The van der Waals surface area contributed by atoms with E-state index in [0.29, 0.717) is 16.0 Å². The van der Waals surface area contributed by atoms with E-state index in [9.17, 15) is 0 Å². The van der Waals surface area contributed by atoms with Gasteiger partial charge in [-0.1, -0.05) is 36.2 Å². The molecule has 0 bridgehead atoms. The fraction of sp³-hybridized carbons (Fsp3) is 0.500. The number of hydrogen-bond acceptors (Lipinski definition) is 0. The van der Waals surface area contributed by atoms with Gasteiger partial charge < -0.3 is 0 Å². The van der Waals surface area contributed by atoms with Crippen LogP contribution in [0, 0.1) is 11.8 Å². The molecule has 2 rings (SSSR count). The lowest BCUT2D eigenvalue weighted by atomic mass is 9.96. The minimum atomic E-state index is 0.0484. The summed E-state index contributed by atoms with van der Waals surface area (Å²) in [5.74, 6) is 1.31. The Morgan fingerprint density at radius 1 is 1.20 bits per heavy atom. The summed E-state index contributed by atoms with van der Waals surface area (Å²) in [7, 11) is 0. The molecule has 1 aromatic rings. The van der Waals surface area contributed by atoms with Crippen molar-refractivity contribution in [1.82, 2.24) is 0 Å². The maximum atomic E-state index is 6.41. The molecular weight excluding hydrogens is 250 g/mol. The zero-order valence-corrected chi connectivity index (χ0v) is 10.8. The van der Waals surface area contributed by atoms with Crippen LogP contribution in [0.3, 0.4) is 0 Å². The van der Waals surface area contributed by atoms with Gasteiger partial charge in [-0.25, -0.2) is 0 Å². The van der Waals surface area contributed by atoms with Crippen molar-refractivity contribution in [2.45, 2.75) is 25.1 Å². The van der Waals surface area contributed by atoms with Crippen molar-refractivity contribution >= 4 is 34.8 Å². The van der Waals surface area contributed by atoms with E-state index in [0.717, 1.165) is 11.5 Å². The van der Waals surface area contributed by atoms with Crippen molar-refractivity contribution in [1.29, 1.82) is 0 Å². The number of hydrogen-bond donors (Lipinski definition) is 0. The third-order valence-corrected chi connectivity index (χ3v) is 4.48. The third-order valence-electron chi connectivity index (χ3n) is 3.09. The Hall–Kier alpha value is 0.0900. The highest BCUT2D eigenvalue weighted by Gasteiger charge is 2.33. The van der Waals surface area contributed by atoms with Crippen molar-refractivity contribution in [2.24, 2.45) is 11.8 Å². The fourth-order valence-electron chi connectivity index (χ4n) is 1.85. The molecule has 0 amide bonds. The van der Waals surface area contributed by atoms with Gasteiger partial charge in [0.2, 0.25) is 0 Å². The predicted molar refractivity (Wildman–Crippen MR) is 66.9 cm³/mol. The smallest absolute Gasteiger partial charge is 0.0613 e. The first-order valence-electron chi connectivity index (χ1n) is 5.18. The molecule has 0 spiro atoms. The van der Waals surface area contributed by atoms with Crippen LogP contribution in [0.5, 0.6) is 0 Å². The highest BCUT2D eigenvalue weighted by atomic mass is 35.5. The lowest BCUT2D eigenvalue weighted by Crippen LogP contribution is -2.05. The Morgan fingerprint density at radius 2 is 1.87 bits per heavy atom. The van der Waals surface area contributed by atoms with Crippen LogP contribution in [0.2, 0.25) is 10.0 Å². The number of rotatable bonds is 3. The molecule has 0 nitrogen and oxygen atoms in total. The molecule has 1 saturated carbocycles. The molecule has 0 heterocycles. The molecule has 2 unspecified atom stereocenters. The van der Waals surface area contributed by atoms with Gasteiger partial charge in [0.25, 0.3) is 0 Å². The largest absolute Gasteiger partial charge is 0.118 e. The maximum absolute atomic E-state index is 6.41. The van der Waals surface area contributed by atoms with Crippen molar-refractivity contribution in [3.63, 3.8) is 0 Å². The van der Waals surface area contributed by atoms with Gasteiger partial charge in [-0.15, -0.1) is 11.6 Å². The van der Waals surface area contributed by atoms with Gasteiger partial charge in [0, 0.05) is 0 Å². The van der Waals surface area contributed by atoms with E-state index in [1.807, 2.05) is 18.2 Å². The molecule has 3 heteroatoms. The number of halogens is 3. The van der Waals surface area contributed by atoms with Gasteiger partial charge in [0.15, 0.2) is 0 Å². The van der Waals surface area contributed by atoms with E-state index < -0.39 is 0 Å². The zero-order chi connectivity index (χ0) is 11.0. The summed E-state index contributed by atoms with van der Waals surface area (Å²) in [5.41, 5.74) is 1.07.